The average Bonchev–Trinajstić information content (AvgIpc) is 3.04. The molecule has 8 heteroatoms. The van der Waals surface area contributed by atoms with E-state index in [0.29, 0.717) is 0 Å². The number of thioether (sulfide) groups is 1. The van der Waals surface area contributed by atoms with Crippen LogP contribution in [0.1, 0.15) is 12.8 Å². The minimum absolute atomic E-state index is 0.0420. The number of nitrogens with zero attached hydrogens (tertiary/aromatic N) is 1. The molecule has 1 aliphatic carbocycles. The summed E-state index contributed by atoms with van der Waals surface area (Å²) in [5, 5.41) is 2.61. The van der Waals surface area contributed by atoms with Crippen LogP contribution in [-0.4, -0.2) is 47.1 Å². The normalized spacial score (nSPS) is 25.3. The Morgan fingerprint density at radius 3 is 2.56 bits per heavy atom. The van der Waals surface area contributed by atoms with Crippen LogP contribution >= 0.6 is 11.8 Å². The van der Waals surface area contributed by atoms with Gasteiger partial charge in [-0.15, -0.1) is 0 Å². The Labute approximate surface area is 106 Å². The first-order valence-corrected chi connectivity index (χ1v) is 6.64. The number of alkyl halides is 3. The van der Waals surface area contributed by atoms with E-state index in [0.717, 1.165) is 12.8 Å². The molecule has 0 spiro atoms. The zero-order valence-corrected chi connectivity index (χ0v) is 10.3. The van der Waals surface area contributed by atoms with Crippen LogP contribution in [0.25, 0.3) is 0 Å². The van der Waals surface area contributed by atoms with Crippen LogP contribution in [0.5, 0.6) is 0 Å². The maximum atomic E-state index is 12.0. The van der Waals surface area contributed by atoms with E-state index in [4.69, 9.17) is 0 Å². The maximum Gasteiger partial charge on any atom is 0.441 e. The molecular formula is C10H13F3N2O2S. The molecule has 1 unspecified atom stereocenters. The highest BCUT2D eigenvalue weighted by Crippen LogP contribution is 2.34. The number of carbonyl (C=O) groups is 2. The summed E-state index contributed by atoms with van der Waals surface area (Å²) >= 11 is -0.170. The Bertz CT molecular complexity index is 358. The van der Waals surface area contributed by atoms with Gasteiger partial charge in [0.15, 0.2) is 0 Å². The quantitative estimate of drug-likeness (QED) is 0.836. The highest BCUT2D eigenvalue weighted by Gasteiger charge is 2.42. The zero-order chi connectivity index (χ0) is 13.3. The van der Waals surface area contributed by atoms with Crippen LogP contribution in [-0.2, 0) is 9.59 Å². The van der Waals surface area contributed by atoms with E-state index in [-0.39, 0.29) is 48.3 Å². The van der Waals surface area contributed by atoms with Crippen molar-refractivity contribution in [3.63, 3.8) is 0 Å². The molecule has 0 aromatic carbocycles. The van der Waals surface area contributed by atoms with Gasteiger partial charge in [0.2, 0.25) is 11.8 Å². The van der Waals surface area contributed by atoms with E-state index in [1.807, 2.05) is 0 Å². The van der Waals surface area contributed by atoms with Gasteiger partial charge < -0.3 is 10.2 Å². The molecule has 2 aliphatic rings. The molecule has 0 bridgehead atoms. The van der Waals surface area contributed by atoms with Crippen molar-refractivity contribution in [2.75, 3.05) is 18.8 Å². The average molecular weight is 282 g/mol. The van der Waals surface area contributed by atoms with Crippen molar-refractivity contribution in [3.05, 3.63) is 0 Å². The monoisotopic (exact) mass is 282 g/mol. The number of carbonyl (C=O) groups excluding carboxylic acids is 2. The molecule has 1 aliphatic heterocycles. The summed E-state index contributed by atoms with van der Waals surface area (Å²) < 4.78 is 35.9. The van der Waals surface area contributed by atoms with Gasteiger partial charge in [0.25, 0.3) is 0 Å². The fraction of sp³-hybridized carbons (Fsp3) is 0.800. The van der Waals surface area contributed by atoms with Crippen LogP contribution in [0.3, 0.4) is 0 Å². The van der Waals surface area contributed by atoms with Crippen molar-refractivity contribution in [1.82, 2.24) is 10.2 Å². The summed E-state index contributed by atoms with van der Waals surface area (Å²) in [4.78, 5) is 24.5. The molecule has 2 rings (SSSR count). The molecule has 0 aromatic rings. The first-order chi connectivity index (χ1) is 8.37. The largest absolute Gasteiger partial charge is 0.441 e. The number of rotatable bonds is 4. The first-order valence-electron chi connectivity index (χ1n) is 5.65. The standard InChI is InChI=1S/C10H13F3N2O2S/c11-10(12,13)18-4-3-15-5-7(16)14-8(9(15)17)6-1-2-6/h6,8H,1-5H2,(H,14,16). The van der Waals surface area contributed by atoms with E-state index in [2.05, 4.69) is 5.32 Å². The second kappa shape index (κ2) is 4.99. The Hall–Kier alpha value is -0.920. The molecule has 2 fully saturated rings. The SMILES string of the molecule is O=C1CN(CCSC(F)(F)F)C(=O)C(C2CC2)N1. The van der Waals surface area contributed by atoms with Gasteiger partial charge in [-0.25, -0.2) is 0 Å². The fourth-order valence-corrected chi connectivity index (χ4v) is 2.48. The molecule has 1 saturated heterocycles. The van der Waals surface area contributed by atoms with Gasteiger partial charge in [0, 0.05) is 12.3 Å². The molecule has 2 amide bonds. The fourth-order valence-electron chi connectivity index (χ4n) is 1.94. The minimum Gasteiger partial charge on any atom is -0.342 e. The second-order valence-corrected chi connectivity index (χ2v) is 5.60. The van der Waals surface area contributed by atoms with E-state index in [9.17, 15) is 22.8 Å². The first kappa shape index (κ1) is 13.5. The maximum absolute atomic E-state index is 12.0. The Morgan fingerprint density at radius 1 is 1.33 bits per heavy atom. The van der Waals surface area contributed by atoms with Crippen molar-refractivity contribution in [2.45, 2.75) is 24.4 Å². The summed E-state index contributed by atoms with van der Waals surface area (Å²) in [6.07, 6.45) is 1.78. The third kappa shape index (κ3) is 3.54. The lowest BCUT2D eigenvalue weighted by Crippen LogP contribution is -2.59. The lowest BCUT2D eigenvalue weighted by Gasteiger charge is -2.32. The van der Waals surface area contributed by atoms with Gasteiger partial charge in [-0.05, 0) is 30.5 Å². The summed E-state index contributed by atoms with van der Waals surface area (Å²) in [5.41, 5.74) is -4.29. The van der Waals surface area contributed by atoms with Gasteiger partial charge in [0.1, 0.15) is 6.04 Å². The summed E-state index contributed by atoms with van der Waals surface area (Å²) in [5.74, 6) is -0.609. The summed E-state index contributed by atoms with van der Waals surface area (Å²) in [7, 11) is 0. The number of piperazine rings is 1. The summed E-state index contributed by atoms with van der Waals surface area (Å²) in [6, 6.07) is -0.526. The molecule has 0 radical (unpaired) electrons. The molecule has 1 saturated carbocycles. The van der Waals surface area contributed by atoms with E-state index < -0.39 is 11.6 Å². The van der Waals surface area contributed by atoms with Crippen molar-refractivity contribution in [3.8, 4) is 0 Å². The Balaban J connectivity index is 1.86. The van der Waals surface area contributed by atoms with Crippen molar-refractivity contribution >= 4 is 23.6 Å². The minimum atomic E-state index is -4.29. The highest BCUT2D eigenvalue weighted by molar-refractivity contribution is 8.00. The van der Waals surface area contributed by atoms with E-state index in [1.54, 1.807) is 0 Å². The molecule has 1 atom stereocenters. The molecule has 1 N–H and O–H groups in total. The lowest BCUT2D eigenvalue weighted by atomic mass is 10.1. The number of hydrogen-bond donors (Lipinski definition) is 1. The van der Waals surface area contributed by atoms with Crippen LogP contribution in [0, 0.1) is 5.92 Å². The molecule has 4 nitrogen and oxygen atoms in total. The predicted molar refractivity (Wildman–Crippen MR) is 59.7 cm³/mol. The van der Waals surface area contributed by atoms with Gasteiger partial charge >= 0.3 is 5.51 Å². The van der Waals surface area contributed by atoms with Crippen LogP contribution < -0.4 is 5.32 Å². The smallest absolute Gasteiger partial charge is 0.342 e. The van der Waals surface area contributed by atoms with Crippen molar-refractivity contribution < 1.29 is 22.8 Å². The molecule has 1 heterocycles. The van der Waals surface area contributed by atoms with Gasteiger partial charge in [-0.3, -0.25) is 9.59 Å². The predicted octanol–water partition coefficient (Wildman–Crippen LogP) is 0.976. The number of nitrogens with one attached hydrogen (secondary N) is 1. The lowest BCUT2D eigenvalue weighted by molar-refractivity contribution is -0.144. The van der Waals surface area contributed by atoms with E-state index in [1.165, 1.54) is 4.90 Å². The molecule has 0 aromatic heterocycles. The van der Waals surface area contributed by atoms with Crippen LogP contribution in [0.2, 0.25) is 0 Å². The topological polar surface area (TPSA) is 49.4 Å². The molecule has 102 valence electrons. The Kier molecular flexibility index (Phi) is 3.74. The third-order valence-electron chi connectivity index (χ3n) is 2.95. The van der Waals surface area contributed by atoms with Crippen LogP contribution in [0.4, 0.5) is 13.2 Å². The number of halogens is 3. The third-order valence-corrected chi connectivity index (χ3v) is 3.66. The number of hydrogen-bond acceptors (Lipinski definition) is 3. The van der Waals surface area contributed by atoms with Crippen molar-refractivity contribution in [2.24, 2.45) is 5.92 Å². The Morgan fingerprint density at radius 2 is 2.00 bits per heavy atom. The van der Waals surface area contributed by atoms with Gasteiger partial charge in [-0.2, -0.15) is 13.2 Å². The number of amides is 2. The van der Waals surface area contributed by atoms with E-state index >= 15 is 0 Å². The van der Waals surface area contributed by atoms with Crippen molar-refractivity contribution in [1.29, 1.82) is 0 Å². The van der Waals surface area contributed by atoms with Gasteiger partial charge in [-0.1, -0.05) is 0 Å². The van der Waals surface area contributed by atoms with Gasteiger partial charge in [0.05, 0.1) is 6.54 Å². The molecule has 18 heavy (non-hydrogen) atoms. The van der Waals surface area contributed by atoms with Crippen LogP contribution in [0.15, 0.2) is 0 Å². The second-order valence-electron chi connectivity index (χ2n) is 4.44. The summed E-state index contributed by atoms with van der Waals surface area (Å²) in [6.45, 7) is -0.180. The molecular weight excluding hydrogens is 269 g/mol. The highest BCUT2D eigenvalue weighted by atomic mass is 32.2. The zero-order valence-electron chi connectivity index (χ0n) is 9.50.